The van der Waals surface area contributed by atoms with Crippen LogP contribution in [0.1, 0.15) is 39.5 Å². The van der Waals surface area contributed by atoms with E-state index in [0.29, 0.717) is 12.0 Å². The van der Waals surface area contributed by atoms with E-state index in [0.717, 1.165) is 18.4 Å². The fourth-order valence-corrected chi connectivity index (χ4v) is 3.45. The molecular formula is C12H21ClO. The number of hydrogen-bond acceptors (Lipinski definition) is 1. The summed E-state index contributed by atoms with van der Waals surface area (Å²) in [5, 5.41) is 0. The van der Waals surface area contributed by atoms with E-state index in [4.69, 9.17) is 16.3 Å². The van der Waals surface area contributed by atoms with Gasteiger partial charge >= 0.3 is 0 Å². The van der Waals surface area contributed by atoms with E-state index in [9.17, 15) is 0 Å². The topological polar surface area (TPSA) is 9.23 Å². The quantitative estimate of drug-likeness (QED) is 0.654. The summed E-state index contributed by atoms with van der Waals surface area (Å²) in [6, 6.07) is 0. The van der Waals surface area contributed by atoms with Gasteiger partial charge in [0, 0.05) is 17.9 Å². The molecule has 82 valence electrons. The fraction of sp³-hybridized carbons (Fsp3) is 1.00. The average molecular weight is 217 g/mol. The first kappa shape index (κ1) is 10.8. The number of halogens is 1. The zero-order valence-corrected chi connectivity index (χ0v) is 10.0. The Kier molecular flexibility index (Phi) is 3.09. The normalized spacial score (nSPS) is 40.1. The molecule has 0 spiro atoms. The Morgan fingerprint density at radius 1 is 1.50 bits per heavy atom. The molecule has 2 heteroatoms. The maximum atomic E-state index is 6.22. The maximum Gasteiger partial charge on any atom is 0.0674 e. The Balaban J connectivity index is 2.14. The molecule has 2 fully saturated rings. The largest absolute Gasteiger partial charge is 0.377 e. The molecule has 1 heterocycles. The third-order valence-electron chi connectivity index (χ3n) is 4.32. The first-order valence-electron chi connectivity index (χ1n) is 5.92. The first-order valence-corrected chi connectivity index (χ1v) is 6.45. The molecule has 0 aromatic rings. The second kappa shape index (κ2) is 4.02. The van der Waals surface area contributed by atoms with Crippen molar-refractivity contribution in [3.8, 4) is 0 Å². The summed E-state index contributed by atoms with van der Waals surface area (Å²) in [4.78, 5) is 0. The van der Waals surface area contributed by atoms with Crippen LogP contribution in [0.2, 0.25) is 0 Å². The van der Waals surface area contributed by atoms with Crippen molar-refractivity contribution >= 4 is 11.6 Å². The fourth-order valence-electron chi connectivity index (χ4n) is 2.90. The van der Waals surface area contributed by atoms with E-state index in [2.05, 4.69) is 13.8 Å². The zero-order chi connectivity index (χ0) is 10.2. The van der Waals surface area contributed by atoms with Crippen molar-refractivity contribution < 1.29 is 4.74 Å². The van der Waals surface area contributed by atoms with Crippen molar-refractivity contribution in [1.29, 1.82) is 0 Å². The van der Waals surface area contributed by atoms with Gasteiger partial charge in [0.25, 0.3) is 0 Å². The van der Waals surface area contributed by atoms with Crippen molar-refractivity contribution in [3.63, 3.8) is 0 Å². The molecule has 0 aromatic carbocycles. The van der Waals surface area contributed by atoms with Gasteiger partial charge in [-0.15, -0.1) is 11.6 Å². The van der Waals surface area contributed by atoms with Gasteiger partial charge in [0.15, 0.2) is 0 Å². The van der Waals surface area contributed by atoms with Gasteiger partial charge in [-0.25, -0.2) is 0 Å². The smallest absolute Gasteiger partial charge is 0.0674 e. The molecule has 0 amide bonds. The zero-order valence-electron chi connectivity index (χ0n) is 9.26. The van der Waals surface area contributed by atoms with E-state index < -0.39 is 0 Å². The van der Waals surface area contributed by atoms with Gasteiger partial charge in [0.1, 0.15) is 0 Å². The van der Waals surface area contributed by atoms with Crippen LogP contribution >= 0.6 is 11.6 Å². The summed E-state index contributed by atoms with van der Waals surface area (Å²) in [5.74, 6) is 2.31. The summed E-state index contributed by atoms with van der Waals surface area (Å²) in [5.41, 5.74) is 0.289. The van der Waals surface area contributed by atoms with Crippen LogP contribution in [0, 0.1) is 17.3 Å². The lowest BCUT2D eigenvalue weighted by Crippen LogP contribution is -2.40. The first-order chi connectivity index (χ1) is 6.74. The van der Waals surface area contributed by atoms with Gasteiger partial charge < -0.3 is 4.74 Å². The minimum atomic E-state index is 0.289. The molecule has 0 radical (unpaired) electrons. The van der Waals surface area contributed by atoms with Gasteiger partial charge in [0.2, 0.25) is 0 Å². The monoisotopic (exact) mass is 216 g/mol. The molecule has 0 aromatic heterocycles. The van der Waals surface area contributed by atoms with Gasteiger partial charge in [-0.2, -0.15) is 0 Å². The SMILES string of the molecule is CCC(C)C1(CCl)CCOC1C1CC1. The third kappa shape index (κ3) is 1.59. The highest BCUT2D eigenvalue weighted by atomic mass is 35.5. The summed E-state index contributed by atoms with van der Waals surface area (Å²) >= 11 is 6.22. The summed E-state index contributed by atoms with van der Waals surface area (Å²) in [7, 11) is 0. The second-order valence-electron chi connectivity index (χ2n) is 5.05. The van der Waals surface area contributed by atoms with Gasteiger partial charge in [0.05, 0.1) is 6.10 Å². The van der Waals surface area contributed by atoms with Crippen LogP contribution in [0.5, 0.6) is 0 Å². The van der Waals surface area contributed by atoms with E-state index in [1.165, 1.54) is 25.7 Å². The predicted molar refractivity (Wildman–Crippen MR) is 59.7 cm³/mol. The third-order valence-corrected chi connectivity index (χ3v) is 4.82. The molecule has 2 rings (SSSR count). The lowest BCUT2D eigenvalue weighted by Gasteiger charge is -2.37. The van der Waals surface area contributed by atoms with E-state index in [1.807, 2.05) is 0 Å². The molecule has 1 nitrogen and oxygen atoms in total. The molecule has 1 saturated carbocycles. The molecule has 3 unspecified atom stereocenters. The standard InChI is InChI=1S/C12H21ClO/c1-3-9(2)12(8-13)6-7-14-11(12)10-4-5-10/h9-11H,3-8H2,1-2H3. The van der Waals surface area contributed by atoms with Crippen LogP contribution in [-0.4, -0.2) is 18.6 Å². The van der Waals surface area contributed by atoms with Gasteiger partial charge in [-0.3, -0.25) is 0 Å². The van der Waals surface area contributed by atoms with Crippen molar-refractivity contribution in [2.24, 2.45) is 17.3 Å². The molecule has 3 atom stereocenters. The van der Waals surface area contributed by atoms with E-state index in [-0.39, 0.29) is 5.41 Å². The van der Waals surface area contributed by atoms with Crippen molar-refractivity contribution in [2.75, 3.05) is 12.5 Å². The second-order valence-corrected chi connectivity index (χ2v) is 5.32. The Bertz CT molecular complexity index is 202. The molecule has 2 aliphatic rings. The van der Waals surface area contributed by atoms with Crippen molar-refractivity contribution in [1.82, 2.24) is 0 Å². The highest BCUT2D eigenvalue weighted by Gasteiger charge is 2.52. The summed E-state index contributed by atoms with van der Waals surface area (Å²) < 4.78 is 5.92. The van der Waals surface area contributed by atoms with Crippen LogP contribution in [-0.2, 0) is 4.74 Å². The van der Waals surface area contributed by atoms with Crippen LogP contribution in [0.4, 0.5) is 0 Å². The lowest BCUT2D eigenvalue weighted by molar-refractivity contribution is 0.0146. The van der Waals surface area contributed by atoms with Crippen molar-refractivity contribution in [3.05, 3.63) is 0 Å². The predicted octanol–water partition coefficient (Wildman–Crippen LogP) is 3.46. The Labute approximate surface area is 92.2 Å². The molecular weight excluding hydrogens is 196 g/mol. The van der Waals surface area contributed by atoms with E-state index >= 15 is 0 Å². The maximum absolute atomic E-state index is 6.22. The van der Waals surface area contributed by atoms with Crippen LogP contribution in [0.15, 0.2) is 0 Å². The molecule has 0 N–H and O–H groups in total. The average Bonchev–Trinajstić information content (AvgIpc) is 2.97. The number of hydrogen-bond donors (Lipinski definition) is 0. The Morgan fingerprint density at radius 3 is 2.71 bits per heavy atom. The molecule has 1 aliphatic heterocycles. The Hall–Kier alpha value is 0.250. The molecule has 14 heavy (non-hydrogen) atoms. The van der Waals surface area contributed by atoms with Crippen LogP contribution in [0.25, 0.3) is 0 Å². The Morgan fingerprint density at radius 2 is 2.21 bits per heavy atom. The van der Waals surface area contributed by atoms with Crippen LogP contribution < -0.4 is 0 Å². The summed E-state index contributed by atoms with van der Waals surface area (Å²) in [6.07, 6.45) is 5.58. The van der Waals surface area contributed by atoms with Gasteiger partial charge in [-0.1, -0.05) is 20.3 Å². The van der Waals surface area contributed by atoms with E-state index in [1.54, 1.807) is 0 Å². The molecule has 1 saturated heterocycles. The highest BCUT2D eigenvalue weighted by Crippen LogP contribution is 2.52. The summed E-state index contributed by atoms with van der Waals surface area (Å²) in [6.45, 7) is 5.53. The minimum absolute atomic E-state index is 0.289. The van der Waals surface area contributed by atoms with Crippen LogP contribution in [0.3, 0.4) is 0 Å². The van der Waals surface area contributed by atoms with Crippen molar-refractivity contribution in [2.45, 2.75) is 45.6 Å². The molecule has 0 bridgehead atoms. The highest BCUT2D eigenvalue weighted by molar-refractivity contribution is 6.18. The van der Waals surface area contributed by atoms with Gasteiger partial charge in [-0.05, 0) is 31.1 Å². The minimum Gasteiger partial charge on any atom is -0.377 e. The number of alkyl halides is 1. The lowest BCUT2D eigenvalue weighted by atomic mass is 9.70. The number of ether oxygens (including phenoxy) is 1. The number of rotatable bonds is 4. The molecule has 1 aliphatic carbocycles.